The number of benzene rings is 3. The second kappa shape index (κ2) is 10.8. The van der Waals surface area contributed by atoms with Crippen LogP contribution in [-0.2, 0) is 17.3 Å². The maximum atomic E-state index is 3.85. The molecule has 1 aromatic heterocycles. The van der Waals surface area contributed by atoms with E-state index < -0.39 is 0 Å². The van der Waals surface area contributed by atoms with Crippen molar-refractivity contribution in [2.24, 2.45) is 0 Å². The molecule has 0 aliphatic heterocycles. The molecule has 3 aromatic carbocycles. The van der Waals surface area contributed by atoms with Gasteiger partial charge in [-0.15, -0.1) is 11.3 Å². The summed E-state index contributed by atoms with van der Waals surface area (Å²) < 4.78 is 1.45. The Kier molecular flexibility index (Phi) is 7.02. The summed E-state index contributed by atoms with van der Waals surface area (Å²) >= 11 is 1.97. The van der Waals surface area contributed by atoms with Crippen molar-refractivity contribution in [1.29, 1.82) is 0 Å². The van der Waals surface area contributed by atoms with E-state index in [1.807, 2.05) is 23.5 Å². The average Bonchev–Trinajstić information content (AvgIpc) is 3.60. The Hall–Kier alpha value is -4.14. The van der Waals surface area contributed by atoms with Crippen molar-refractivity contribution in [3.63, 3.8) is 0 Å². The fourth-order valence-electron chi connectivity index (χ4n) is 7.46. The van der Waals surface area contributed by atoms with Crippen LogP contribution in [0.25, 0.3) is 33.4 Å². The fourth-order valence-corrected chi connectivity index (χ4v) is 8.76. The molecule has 0 N–H and O–H groups in total. The van der Waals surface area contributed by atoms with Crippen LogP contribution in [0.1, 0.15) is 73.7 Å². The number of allylic oxidation sites excluding steroid dienone is 8. The standard InChI is InChI=1S/C42H41NS/c1-7-8-9-15-28(2)43(30-21-22-32-31-17-10-12-19-36(31)42(5,6)38(32)27-30)25-14-16-29-26-35-37(41(29,3)4)24-23-34-33-18-11-13-20-39(33)44-40(34)35/h7-10,12-17,19-24,26-27H,1,11,18,25H2,2-6H3/b9-8-,16-14-,28-15+. The third kappa shape index (κ3) is 4.50. The van der Waals surface area contributed by atoms with E-state index in [1.54, 1.807) is 0 Å². The molecular weight excluding hydrogens is 551 g/mol. The topological polar surface area (TPSA) is 3.24 Å². The van der Waals surface area contributed by atoms with E-state index in [0.717, 1.165) is 19.4 Å². The van der Waals surface area contributed by atoms with Gasteiger partial charge in [0.2, 0.25) is 0 Å². The molecule has 0 saturated heterocycles. The first-order valence-corrected chi connectivity index (χ1v) is 16.7. The Bertz CT molecular complexity index is 1970. The van der Waals surface area contributed by atoms with Crippen molar-refractivity contribution in [2.75, 3.05) is 11.4 Å². The van der Waals surface area contributed by atoms with Crippen molar-refractivity contribution in [3.05, 3.63) is 148 Å². The Morgan fingerprint density at radius 2 is 1.75 bits per heavy atom. The van der Waals surface area contributed by atoms with Crippen molar-refractivity contribution in [1.82, 2.24) is 0 Å². The summed E-state index contributed by atoms with van der Waals surface area (Å²) in [6.45, 7) is 16.3. The summed E-state index contributed by atoms with van der Waals surface area (Å²) in [7, 11) is 0. The highest BCUT2D eigenvalue weighted by molar-refractivity contribution is 7.20. The number of hydrogen-bond acceptors (Lipinski definition) is 2. The van der Waals surface area contributed by atoms with E-state index >= 15 is 0 Å². The lowest BCUT2D eigenvalue weighted by Gasteiger charge is -2.28. The second-order valence-corrected chi connectivity index (χ2v) is 14.4. The van der Waals surface area contributed by atoms with Gasteiger partial charge in [-0.2, -0.15) is 0 Å². The van der Waals surface area contributed by atoms with Crippen LogP contribution in [0.3, 0.4) is 0 Å². The molecule has 0 fully saturated rings. The van der Waals surface area contributed by atoms with Crippen molar-refractivity contribution in [3.8, 4) is 11.1 Å². The highest BCUT2D eigenvalue weighted by Crippen LogP contribution is 2.50. The first-order valence-electron chi connectivity index (χ1n) is 15.8. The van der Waals surface area contributed by atoms with E-state index in [0.29, 0.717) is 0 Å². The lowest BCUT2D eigenvalue weighted by atomic mass is 9.81. The van der Waals surface area contributed by atoms with Gasteiger partial charge in [0.1, 0.15) is 0 Å². The van der Waals surface area contributed by atoms with Gasteiger partial charge in [0.25, 0.3) is 0 Å². The van der Waals surface area contributed by atoms with E-state index in [1.165, 1.54) is 70.9 Å². The number of rotatable bonds is 7. The van der Waals surface area contributed by atoms with Gasteiger partial charge in [0.15, 0.2) is 0 Å². The molecular formula is C42H41NS. The zero-order valence-electron chi connectivity index (χ0n) is 26.6. The first kappa shape index (κ1) is 28.6. The van der Waals surface area contributed by atoms with Crippen LogP contribution < -0.4 is 4.90 Å². The lowest BCUT2D eigenvalue weighted by Crippen LogP contribution is -2.22. The van der Waals surface area contributed by atoms with Gasteiger partial charge >= 0.3 is 0 Å². The highest BCUT2D eigenvalue weighted by atomic mass is 32.1. The molecule has 2 heteroatoms. The summed E-state index contributed by atoms with van der Waals surface area (Å²) in [5.74, 6) is 0. The molecule has 3 aliphatic carbocycles. The molecule has 0 atom stereocenters. The molecule has 1 heterocycles. The number of thiophene rings is 1. The van der Waals surface area contributed by atoms with Gasteiger partial charge in [-0.05, 0) is 100 Å². The first-order chi connectivity index (χ1) is 21.2. The zero-order valence-corrected chi connectivity index (χ0v) is 27.4. The molecule has 0 unspecified atom stereocenters. The third-order valence-electron chi connectivity index (χ3n) is 10.0. The summed E-state index contributed by atoms with van der Waals surface area (Å²) in [4.78, 5) is 3.87. The molecule has 0 radical (unpaired) electrons. The van der Waals surface area contributed by atoms with Gasteiger partial charge in [-0.3, -0.25) is 0 Å². The largest absolute Gasteiger partial charge is 0.342 e. The number of anilines is 1. The molecule has 0 amide bonds. The quantitative estimate of drug-likeness (QED) is 0.193. The maximum absolute atomic E-state index is 3.85. The molecule has 0 spiro atoms. The van der Waals surface area contributed by atoms with E-state index in [4.69, 9.17) is 0 Å². The van der Waals surface area contributed by atoms with E-state index in [2.05, 4.69) is 143 Å². The summed E-state index contributed by atoms with van der Waals surface area (Å²) in [6.07, 6.45) is 22.2. The number of fused-ring (bicyclic) bond motifs is 8. The second-order valence-electron chi connectivity index (χ2n) is 13.4. The van der Waals surface area contributed by atoms with Crippen LogP contribution in [0, 0.1) is 0 Å². The molecule has 220 valence electrons. The van der Waals surface area contributed by atoms with Gasteiger partial charge in [0, 0.05) is 38.3 Å². The third-order valence-corrected chi connectivity index (χ3v) is 11.3. The van der Waals surface area contributed by atoms with Crippen LogP contribution in [0.15, 0.2) is 115 Å². The SMILES string of the molecule is C=C/C=C\C=C(/C)N(C/C=C\C1=Cc2c(ccc3c4c(sc23)C=CCC4)C1(C)C)c1ccc2c(c1)C(C)(C)c1ccccc1-2. The summed E-state index contributed by atoms with van der Waals surface area (Å²) in [5.41, 5.74) is 13.6. The smallest absolute Gasteiger partial charge is 0.0427 e. The predicted octanol–water partition coefficient (Wildman–Crippen LogP) is 11.6. The molecule has 0 saturated carbocycles. The van der Waals surface area contributed by atoms with Gasteiger partial charge in [-0.25, -0.2) is 0 Å². The molecule has 7 rings (SSSR count). The highest BCUT2D eigenvalue weighted by Gasteiger charge is 2.36. The number of aryl methyl sites for hydroxylation is 1. The van der Waals surface area contributed by atoms with Crippen LogP contribution in [-0.4, -0.2) is 6.54 Å². The van der Waals surface area contributed by atoms with Gasteiger partial charge < -0.3 is 4.90 Å². The van der Waals surface area contributed by atoms with Crippen LogP contribution in [0.4, 0.5) is 5.69 Å². The van der Waals surface area contributed by atoms with E-state index in [-0.39, 0.29) is 10.8 Å². The van der Waals surface area contributed by atoms with Crippen LogP contribution >= 0.6 is 11.3 Å². The molecule has 3 aliphatic rings. The van der Waals surface area contributed by atoms with Gasteiger partial charge in [0.05, 0.1) is 0 Å². The summed E-state index contributed by atoms with van der Waals surface area (Å²) in [5, 5.41) is 1.45. The fraction of sp³-hybridized carbons (Fsp3) is 0.238. The average molecular weight is 592 g/mol. The van der Waals surface area contributed by atoms with Gasteiger partial charge in [-0.1, -0.05) is 113 Å². The summed E-state index contributed by atoms with van der Waals surface area (Å²) in [6, 6.07) is 20.7. The Morgan fingerprint density at radius 3 is 2.59 bits per heavy atom. The van der Waals surface area contributed by atoms with E-state index in [9.17, 15) is 0 Å². The van der Waals surface area contributed by atoms with Crippen molar-refractivity contribution < 1.29 is 0 Å². The molecule has 1 nitrogen and oxygen atoms in total. The number of hydrogen-bond donors (Lipinski definition) is 0. The minimum absolute atomic E-state index is 0.0313. The minimum atomic E-state index is -0.0356. The zero-order chi connectivity index (χ0) is 30.6. The molecule has 0 bridgehead atoms. The molecule has 44 heavy (non-hydrogen) atoms. The van der Waals surface area contributed by atoms with Crippen molar-refractivity contribution >= 4 is 39.3 Å². The van der Waals surface area contributed by atoms with Crippen LogP contribution in [0.5, 0.6) is 0 Å². The Morgan fingerprint density at radius 1 is 0.932 bits per heavy atom. The normalized spacial score (nSPS) is 17.6. The number of nitrogens with zero attached hydrogens (tertiary/aromatic N) is 1. The van der Waals surface area contributed by atoms with Crippen molar-refractivity contribution in [2.45, 2.75) is 58.3 Å². The predicted molar refractivity (Wildman–Crippen MR) is 194 cm³/mol. The van der Waals surface area contributed by atoms with Crippen LogP contribution in [0.2, 0.25) is 0 Å². The minimum Gasteiger partial charge on any atom is -0.342 e. The Labute approximate surface area is 267 Å². The maximum Gasteiger partial charge on any atom is 0.0427 e. The Balaban J connectivity index is 1.23. The molecule has 4 aromatic rings. The monoisotopic (exact) mass is 591 g/mol. The lowest BCUT2D eigenvalue weighted by molar-refractivity contribution is 0.655.